The molecule has 2 aromatic carbocycles. The monoisotopic (exact) mass is 478 g/mol. The van der Waals surface area contributed by atoms with Gasteiger partial charge < -0.3 is 20.1 Å². The molecule has 0 fully saturated rings. The molecule has 0 spiro atoms. The van der Waals surface area contributed by atoms with Gasteiger partial charge in [0.05, 0.1) is 23.8 Å². The van der Waals surface area contributed by atoms with E-state index < -0.39 is 18.1 Å². The fraction of sp³-hybridized carbons (Fsp3) is 0.346. The van der Waals surface area contributed by atoms with Crippen molar-refractivity contribution in [3.63, 3.8) is 0 Å². The number of benzene rings is 2. The number of nitrogens with zero attached hydrogens (tertiary/aromatic N) is 2. The van der Waals surface area contributed by atoms with Crippen LogP contribution < -0.4 is 10.6 Å². The lowest BCUT2D eigenvalue weighted by atomic mass is 10.1. The highest BCUT2D eigenvalue weighted by Crippen LogP contribution is 2.11. The van der Waals surface area contributed by atoms with Gasteiger partial charge in [0, 0.05) is 25.6 Å². The predicted molar refractivity (Wildman–Crippen MR) is 130 cm³/mol. The molecular formula is C26H30N4O5. The number of aromatic nitrogens is 2. The van der Waals surface area contributed by atoms with Crippen molar-refractivity contribution < 1.29 is 23.9 Å². The number of hydrogen-bond donors (Lipinski definition) is 2. The van der Waals surface area contributed by atoms with Crippen LogP contribution in [0.5, 0.6) is 0 Å². The SMILES string of the molecule is COC(=O)[C@@H](Cc1cnc2ccccc2n1)NC(=O)CCCCCNC(=O)OCc1ccccc1. The predicted octanol–water partition coefficient (Wildman–Crippen LogP) is 3.32. The summed E-state index contributed by atoms with van der Waals surface area (Å²) < 4.78 is 10.0. The van der Waals surface area contributed by atoms with Crippen molar-refractivity contribution in [3.8, 4) is 0 Å². The van der Waals surface area contributed by atoms with E-state index in [0.717, 1.165) is 23.0 Å². The van der Waals surface area contributed by atoms with Crippen LogP contribution >= 0.6 is 0 Å². The van der Waals surface area contributed by atoms with E-state index in [1.807, 2.05) is 54.6 Å². The lowest BCUT2D eigenvalue weighted by Crippen LogP contribution is -2.43. The zero-order chi connectivity index (χ0) is 24.9. The summed E-state index contributed by atoms with van der Waals surface area (Å²) >= 11 is 0. The van der Waals surface area contributed by atoms with Gasteiger partial charge in [-0.2, -0.15) is 0 Å². The number of carbonyl (C=O) groups is 3. The van der Waals surface area contributed by atoms with Gasteiger partial charge in [-0.1, -0.05) is 48.9 Å². The van der Waals surface area contributed by atoms with Crippen molar-refractivity contribution in [2.24, 2.45) is 0 Å². The summed E-state index contributed by atoms with van der Waals surface area (Å²) in [4.78, 5) is 45.2. The number of esters is 1. The molecular weight excluding hydrogens is 448 g/mol. The van der Waals surface area contributed by atoms with Gasteiger partial charge in [0.25, 0.3) is 0 Å². The first-order chi connectivity index (χ1) is 17.0. The highest BCUT2D eigenvalue weighted by molar-refractivity contribution is 5.84. The summed E-state index contributed by atoms with van der Waals surface area (Å²) in [5.41, 5.74) is 2.99. The Hall–Kier alpha value is -4.01. The maximum Gasteiger partial charge on any atom is 0.407 e. The van der Waals surface area contributed by atoms with E-state index in [4.69, 9.17) is 9.47 Å². The number of rotatable bonds is 12. The normalized spacial score (nSPS) is 11.5. The van der Waals surface area contributed by atoms with Crippen LogP contribution in [0.25, 0.3) is 11.0 Å². The largest absolute Gasteiger partial charge is 0.467 e. The van der Waals surface area contributed by atoms with Gasteiger partial charge in [-0.25, -0.2) is 14.6 Å². The molecule has 0 aliphatic carbocycles. The molecule has 0 unspecified atom stereocenters. The standard InChI is InChI=1S/C26H30N4O5/c1-34-25(32)23(16-20-17-28-21-12-7-8-13-22(21)29-20)30-24(31)14-6-3-9-15-27-26(33)35-18-19-10-4-2-5-11-19/h2,4-5,7-8,10-13,17,23H,3,6,9,14-16,18H2,1H3,(H,27,33)(H,30,31)/t23-/m1/s1. The molecule has 2 N–H and O–H groups in total. The van der Waals surface area contributed by atoms with E-state index in [0.29, 0.717) is 25.1 Å². The van der Waals surface area contributed by atoms with Gasteiger partial charge in [-0.05, 0) is 30.5 Å². The van der Waals surface area contributed by atoms with Gasteiger partial charge in [0.2, 0.25) is 5.91 Å². The fourth-order valence-electron chi connectivity index (χ4n) is 3.46. The minimum atomic E-state index is -0.844. The van der Waals surface area contributed by atoms with E-state index in [1.165, 1.54) is 7.11 Å². The smallest absolute Gasteiger partial charge is 0.407 e. The van der Waals surface area contributed by atoms with E-state index in [-0.39, 0.29) is 25.4 Å². The van der Waals surface area contributed by atoms with Crippen LogP contribution in [0.2, 0.25) is 0 Å². The van der Waals surface area contributed by atoms with Crippen molar-refractivity contribution in [1.82, 2.24) is 20.6 Å². The van der Waals surface area contributed by atoms with Crippen LogP contribution in [0.1, 0.15) is 36.9 Å². The summed E-state index contributed by atoms with van der Waals surface area (Å²) in [6.45, 7) is 0.680. The van der Waals surface area contributed by atoms with Crippen LogP contribution in [-0.4, -0.2) is 47.6 Å². The molecule has 184 valence electrons. The van der Waals surface area contributed by atoms with Gasteiger partial charge >= 0.3 is 12.1 Å². The van der Waals surface area contributed by atoms with E-state index >= 15 is 0 Å². The van der Waals surface area contributed by atoms with Crippen molar-refractivity contribution in [2.45, 2.75) is 44.8 Å². The Morgan fingerprint density at radius 2 is 1.69 bits per heavy atom. The van der Waals surface area contributed by atoms with E-state index in [9.17, 15) is 14.4 Å². The van der Waals surface area contributed by atoms with Gasteiger partial charge in [0.1, 0.15) is 12.6 Å². The second-order valence-corrected chi connectivity index (χ2v) is 8.00. The number of ether oxygens (including phenoxy) is 2. The van der Waals surface area contributed by atoms with Crippen molar-refractivity contribution >= 4 is 29.0 Å². The van der Waals surface area contributed by atoms with Crippen LogP contribution in [0, 0.1) is 0 Å². The molecule has 0 aliphatic rings. The van der Waals surface area contributed by atoms with E-state index in [2.05, 4.69) is 20.6 Å². The third kappa shape index (κ3) is 8.69. The van der Waals surface area contributed by atoms with E-state index in [1.54, 1.807) is 6.20 Å². The highest BCUT2D eigenvalue weighted by atomic mass is 16.5. The highest BCUT2D eigenvalue weighted by Gasteiger charge is 2.22. The number of hydrogen-bond acceptors (Lipinski definition) is 7. The first-order valence-electron chi connectivity index (χ1n) is 11.6. The molecule has 0 radical (unpaired) electrons. The van der Waals surface area contributed by atoms with Crippen LogP contribution in [-0.2, 0) is 32.1 Å². The number of amides is 2. The summed E-state index contributed by atoms with van der Waals surface area (Å²) in [6.07, 6.45) is 3.65. The maximum absolute atomic E-state index is 12.4. The zero-order valence-corrected chi connectivity index (χ0v) is 19.7. The summed E-state index contributed by atoms with van der Waals surface area (Å²) in [7, 11) is 1.28. The molecule has 9 nitrogen and oxygen atoms in total. The second-order valence-electron chi connectivity index (χ2n) is 8.00. The Morgan fingerprint density at radius 3 is 2.46 bits per heavy atom. The number of nitrogens with one attached hydrogen (secondary N) is 2. The lowest BCUT2D eigenvalue weighted by Gasteiger charge is -2.16. The summed E-state index contributed by atoms with van der Waals surface area (Å²) in [6, 6.07) is 16.0. The van der Waals surface area contributed by atoms with Crippen LogP contribution in [0.15, 0.2) is 60.8 Å². The summed E-state index contributed by atoms with van der Waals surface area (Å²) in [5, 5.41) is 5.43. The average molecular weight is 479 g/mol. The topological polar surface area (TPSA) is 120 Å². The Kier molecular flexibility index (Phi) is 9.98. The number of methoxy groups -OCH3 is 1. The summed E-state index contributed by atoms with van der Waals surface area (Å²) in [5.74, 6) is -0.782. The minimum absolute atomic E-state index is 0.186. The molecule has 35 heavy (non-hydrogen) atoms. The van der Waals surface area contributed by atoms with Gasteiger partial charge in [0.15, 0.2) is 0 Å². The number of unbranched alkanes of at least 4 members (excludes halogenated alkanes) is 2. The molecule has 0 saturated heterocycles. The number of para-hydroxylation sites is 2. The van der Waals surface area contributed by atoms with Gasteiger partial charge in [-0.3, -0.25) is 9.78 Å². The Labute approximate surface area is 204 Å². The maximum atomic E-state index is 12.4. The molecule has 0 bridgehead atoms. The van der Waals surface area contributed by atoms with Crippen LogP contribution in [0.3, 0.4) is 0 Å². The first-order valence-corrected chi connectivity index (χ1v) is 11.6. The average Bonchev–Trinajstić information content (AvgIpc) is 2.89. The second kappa shape index (κ2) is 13.6. The Bertz CT molecular complexity index is 1120. The zero-order valence-electron chi connectivity index (χ0n) is 19.7. The van der Waals surface area contributed by atoms with Crippen molar-refractivity contribution in [1.29, 1.82) is 0 Å². The first kappa shape index (κ1) is 25.6. The Balaban J connectivity index is 1.34. The minimum Gasteiger partial charge on any atom is -0.467 e. The number of fused-ring (bicyclic) bond motifs is 1. The fourth-order valence-corrected chi connectivity index (χ4v) is 3.46. The molecule has 3 aromatic rings. The molecule has 2 amide bonds. The molecule has 1 aromatic heterocycles. The van der Waals surface area contributed by atoms with Gasteiger partial charge in [-0.15, -0.1) is 0 Å². The molecule has 1 heterocycles. The molecule has 1 atom stereocenters. The molecule has 0 aliphatic heterocycles. The lowest BCUT2D eigenvalue weighted by molar-refractivity contribution is -0.145. The number of carbonyl (C=O) groups excluding carboxylic acids is 3. The Morgan fingerprint density at radius 1 is 0.943 bits per heavy atom. The van der Waals surface area contributed by atoms with Crippen molar-refractivity contribution in [2.75, 3.05) is 13.7 Å². The molecule has 9 heteroatoms. The van der Waals surface area contributed by atoms with Crippen molar-refractivity contribution in [3.05, 3.63) is 72.1 Å². The number of alkyl carbamates (subject to hydrolysis) is 1. The molecule has 3 rings (SSSR count). The molecule has 0 saturated carbocycles. The third-order valence-electron chi connectivity index (χ3n) is 5.30. The van der Waals surface area contributed by atoms with Crippen LogP contribution in [0.4, 0.5) is 4.79 Å². The third-order valence-corrected chi connectivity index (χ3v) is 5.30. The quantitative estimate of drug-likeness (QED) is 0.303.